The molecule has 0 aromatic heterocycles. The predicted molar refractivity (Wildman–Crippen MR) is 122 cm³/mol. The Morgan fingerprint density at radius 1 is 1.12 bits per heavy atom. The largest absolute Gasteiger partial charge is 0.489 e. The normalized spacial score (nSPS) is 17.8. The van der Waals surface area contributed by atoms with Crippen molar-refractivity contribution in [3.8, 4) is 5.75 Å². The molecule has 32 heavy (non-hydrogen) atoms. The maximum atomic E-state index is 12.7. The number of carbonyl (C=O) groups excluding carboxylic acids is 3. The van der Waals surface area contributed by atoms with Crippen molar-refractivity contribution in [1.29, 1.82) is 0 Å². The molecule has 7 nitrogen and oxygen atoms in total. The standard InChI is InChI=1S/C24H24N2O5S/c1-17-3-2-4-19(13-17)16-31-20-7-5-18(6-8-20)14-21-23(28)26(24(29)32-21)15-22(27)25-9-11-30-12-10-25/h2-8,13-14H,9-12,15-16H2,1H3/b21-14-. The van der Waals surface area contributed by atoms with E-state index in [-0.39, 0.29) is 12.5 Å². The first-order valence-corrected chi connectivity index (χ1v) is 11.2. The topological polar surface area (TPSA) is 76.2 Å². The van der Waals surface area contributed by atoms with Gasteiger partial charge in [0.15, 0.2) is 0 Å². The molecule has 2 aliphatic rings. The van der Waals surface area contributed by atoms with Crippen LogP contribution >= 0.6 is 11.8 Å². The first-order chi connectivity index (χ1) is 15.5. The number of rotatable bonds is 6. The number of carbonyl (C=O) groups is 3. The molecule has 0 atom stereocenters. The average Bonchev–Trinajstić information content (AvgIpc) is 3.06. The van der Waals surface area contributed by atoms with Gasteiger partial charge in [-0.1, -0.05) is 42.0 Å². The van der Waals surface area contributed by atoms with E-state index in [1.54, 1.807) is 11.0 Å². The zero-order valence-electron chi connectivity index (χ0n) is 17.8. The third-order valence-corrected chi connectivity index (χ3v) is 6.10. The van der Waals surface area contributed by atoms with Gasteiger partial charge in [0.1, 0.15) is 18.9 Å². The van der Waals surface area contributed by atoms with Crippen LogP contribution in [0.15, 0.2) is 53.4 Å². The Morgan fingerprint density at radius 3 is 2.59 bits per heavy atom. The van der Waals surface area contributed by atoms with Gasteiger partial charge in [-0.15, -0.1) is 0 Å². The third kappa shape index (κ3) is 5.38. The van der Waals surface area contributed by atoms with Crippen molar-refractivity contribution < 1.29 is 23.9 Å². The van der Waals surface area contributed by atoms with Gasteiger partial charge >= 0.3 is 0 Å². The summed E-state index contributed by atoms with van der Waals surface area (Å²) in [6.45, 7) is 4.16. The number of thioether (sulfide) groups is 1. The number of hydrogen-bond acceptors (Lipinski definition) is 6. The monoisotopic (exact) mass is 452 g/mol. The third-order valence-electron chi connectivity index (χ3n) is 5.20. The molecule has 2 heterocycles. The van der Waals surface area contributed by atoms with E-state index in [2.05, 4.69) is 6.07 Å². The number of hydrogen-bond donors (Lipinski definition) is 0. The molecule has 0 N–H and O–H groups in total. The van der Waals surface area contributed by atoms with E-state index in [1.807, 2.05) is 49.4 Å². The van der Waals surface area contributed by atoms with Crippen molar-refractivity contribution in [2.75, 3.05) is 32.8 Å². The fraction of sp³-hybridized carbons (Fsp3) is 0.292. The molecule has 0 radical (unpaired) electrons. The number of benzene rings is 2. The van der Waals surface area contributed by atoms with Gasteiger partial charge in [0, 0.05) is 13.1 Å². The van der Waals surface area contributed by atoms with Crippen LogP contribution < -0.4 is 4.74 Å². The Morgan fingerprint density at radius 2 is 1.88 bits per heavy atom. The molecule has 3 amide bonds. The number of nitrogens with zero attached hydrogens (tertiary/aromatic N) is 2. The van der Waals surface area contributed by atoms with E-state index in [4.69, 9.17) is 9.47 Å². The second kappa shape index (κ2) is 10.0. The van der Waals surface area contributed by atoms with Crippen LogP contribution in [0.2, 0.25) is 0 Å². The Bertz CT molecular complexity index is 1040. The van der Waals surface area contributed by atoms with Crippen LogP contribution in [-0.4, -0.2) is 59.7 Å². The van der Waals surface area contributed by atoms with Crippen LogP contribution in [0.5, 0.6) is 5.75 Å². The van der Waals surface area contributed by atoms with Crippen molar-refractivity contribution in [2.24, 2.45) is 0 Å². The number of imide groups is 1. The summed E-state index contributed by atoms with van der Waals surface area (Å²) in [6.07, 6.45) is 1.66. The van der Waals surface area contributed by atoms with Gasteiger partial charge in [0.2, 0.25) is 5.91 Å². The molecule has 2 fully saturated rings. The second-order valence-electron chi connectivity index (χ2n) is 7.61. The molecule has 8 heteroatoms. The summed E-state index contributed by atoms with van der Waals surface area (Å²) in [5.74, 6) is 0.0289. The van der Waals surface area contributed by atoms with Crippen molar-refractivity contribution in [2.45, 2.75) is 13.5 Å². The summed E-state index contributed by atoms with van der Waals surface area (Å²) in [6, 6.07) is 15.4. The van der Waals surface area contributed by atoms with Gasteiger partial charge < -0.3 is 14.4 Å². The van der Waals surface area contributed by atoms with E-state index in [9.17, 15) is 14.4 Å². The minimum absolute atomic E-state index is 0.242. The summed E-state index contributed by atoms with van der Waals surface area (Å²) < 4.78 is 11.1. The van der Waals surface area contributed by atoms with Crippen LogP contribution in [0.1, 0.15) is 16.7 Å². The first-order valence-electron chi connectivity index (χ1n) is 10.4. The van der Waals surface area contributed by atoms with Gasteiger partial charge in [-0.25, -0.2) is 0 Å². The van der Waals surface area contributed by atoms with Crippen LogP contribution in [0.4, 0.5) is 4.79 Å². The van der Waals surface area contributed by atoms with E-state index in [0.717, 1.165) is 27.8 Å². The molecule has 2 saturated heterocycles. The summed E-state index contributed by atoms with van der Waals surface area (Å²) in [5, 5.41) is -0.430. The highest BCUT2D eigenvalue weighted by molar-refractivity contribution is 8.18. The highest BCUT2D eigenvalue weighted by Gasteiger charge is 2.37. The second-order valence-corrected chi connectivity index (χ2v) is 8.60. The van der Waals surface area contributed by atoms with E-state index in [1.165, 1.54) is 5.56 Å². The molecule has 2 aromatic carbocycles. The zero-order chi connectivity index (χ0) is 22.5. The van der Waals surface area contributed by atoms with Gasteiger partial charge in [-0.05, 0) is 48.0 Å². The Kier molecular flexibility index (Phi) is 6.92. The van der Waals surface area contributed by atoms with Crippen molar-refractivity contribution in [1.82, 2.24) is 9.80 Å². The molecule has 2 aliphatic heterocycles. The van der Waals surface area contributed by atoms with Gasteiger partial charge in [-0.2, -0.15) is 0 Å². The molecule has 0 aliphatic carbocycles. The van der Waals surface area contributed by atoms with Gasteiger partial charge in [-0.3, -0.25) is 19.3 Å². The van der Waals surface area contributed by atoms with Crippen molar-refractivity contribution >= 4 is 34.9 Å². The maximum Gasteiger partial charge on any atom is 0.294 e. The Balaban J connectivity index is 1.36. The minimum atomic E-state index is -0.443. The highest BCUT2D eigenvalue weighted by Crippen LogP contribution is 2.32. The highest BCUT2D eigenvalue weighted by atomic mass is 32.2. The molecule has 2 aromatic rings. The molecular formula is C24H24N2O5S. The number of ether oxygens (including phenoxy) is 2. The van der Waals surface area contributed by atoms with E-state index >= 15 is 0 Å². The number of morpholine rings is 1. The van der Waals surface area contributed by atoms with Crippen LogP contribution in [-0.2, 0) is 20.9 Å². The number of amides is 3. The van der Waals surface area contributed by atoms with Crippen LogP contribution in [0.3, 0.4) is 0 Å². The average molecular weight is 453 g/mol. The number of aryl methyl sites for hydroxylation is 1. The van der Waals surface area contributed by atoms with E-state index < -0.39 is 11.1 Å². The lowest BCUT2D eigenvalue weighted by molar-refractivity contribution is -0.139. The lowest BCUT2D eigenvalue weighted by Gasteiger charge is -2.28. The van der Waals surface area contributed by atoms with Crippen molar-refractivity contribution in [3.63, 3.8) is 0 Å². The quantitative estimate of drug-likeness (QED) is 0.625. The lowest BCUT2D eigenvalue weighted by Crippen LogP contribution is -2.46. The molecule has 0 spiro atoms. The maximum absolute atomic E-state index is 12.7. The van der Waals surface area contributed by atoms with Crippen molar-refractivity contribution in [3.05, 3.63) is 70.1 Å². The summed E-state index contributed by atoms with van der Waals surface area (Å²) >= 11 is 0.850. The molecule has 0 bridgehead atoms. The molecule has 166 valence electrons. The van der Waals surface area contributed by atoms with Crippen LogP contribution in [0, 0.1) is 6.92 Å². The van der Waals surface area contributed by atoms with Gasteiger partial charge in [0.05, 0.1) is 18.1 Å². The fourth-order valence-corrected chi connectivity index (χ4v) is 4.30. The molecular weight excluding hydrogens is 428 g/mol. The van der Waals surface area contributed by atoms with Gasteiger partial charge in [0.25, 0.3) is 11.1 Å². The minimum Gasteiger partial charge on any atom is -0.489 e. The summed E-state index contributed by atoms with van der Waals surface area (Å²) in [5.41, 5.74) is 3.05. The predicted octanol–water partition coefficient (Wildman–Crippen LogP) is 3.47. The first kappa shape index (κ1) is 22.1. The molecule has 0 saturated carbocycles. The summed E-state index contributed by atoms with van der Waals surface area (Å²) in [7, 11) is 0. The van der Waals surface area contributed by atoms with E-state index in [0.29, 0.717) is 43.6 Å². The Hall–Kier alpha value is -3.10. The smallest absolute Gasteiger partial charge is 0.294 e. The molecule has 4 rings (SSSR count). The SMILES string of the molecule is Cc1cccc(COc2ccc(/C=C3\SC(=O)N(CC(=O)N4CCOCC4)C3=O)cc2)c1. The zero-order valence-corrected chi connectivity index (χ0v) is 18.6. The fourth-order valence-electron chi connectivity index (χ4n) is 3.46. The molecule has 0 unspecified atom stereocenters. The lowest BCUT2D eigenvalue weighted by atomic mass is 10.1. The summed E-state index contributed by atoms with van der Waals surface area (Å²) in [4.78, 5) is 40.3. The van der Waals surface area contributed by atoms with Crippen LogP contribution in [0.25, 0.3) is 6.08 Å². The Labute approximate surface area is 191 Å².